The Labute approximate surface area is 201 Å². The zero-order valence-corrected chi connectivity index (χ0v) is 21.1. The molecule has 176 valence electrons. The smallest absolute Gasteiger partial charge is 0.412 e. The number of nitrogens with one attached hydrogen (secondary N) is 2. The van der Waals surface area contributed by atoms with Crippen molar-refractivity contribution < 1.29 is 18.7 Å². The zero-order chi connectivity index (χ0) is 24.2. The molecule has 2 aromatic heterocycles. The first-order valence-electron chi connectivity index (χ1n) is 10.3. The molecule has 3 rings (SSSR count). The van der Waals surface area contributed by atoms with Gasteiger partial charge >= 0.3 is 6.09 Å². The van der Waals surface area contributed by atoms with Gasteiger partial charge in [-0.2, -0.15) is 0 Å². The Morgan fingerprint density at radius 2 is 1.73 bits per heavy atom. The van der Waals surface area contributed by atoms with Crippen LogP contribution in [0.25, 0.3) is 0 Å². The summed E-state index contributed by atoms with van der Waals surface area (Å²) in [5.74, 6) is 1.80. The summed E-state index contributed by atoms with van der Waals surface area (Å²) in [5, 5.41) is 5.93. The fourth-order valence-electron chi connectivity index (χ4n) is 2.54. The lowest BCUT2D eigenvalue weighted by molar-refractivity contribution is 0.0636. The van der Waals surface area contributed by atoms with Gasteiger partial charge in [0.05, 0.1) is 22.4 Å². The number of benzene rings is 1. The number of thiazole rings is 1. The van der Waals surface area contributed by atoms with E-state index in [9.17, 15) is 9.59 Å². The van der Waals surface area contributed by atoms with Gasteiger partial charge in [-0.05, 0) is 45.0 Å². The minimum absolute atomic E-state index is 0.0815. The van der Waals surface area contributed by atoms with Gasteiger partial charge in [-0.25, -0.2) is 14.8 Å². The van der Waals surface area contributed by atoms with Gasteiger partial charge in [0.15, 0.2) is 5.13 Å². The lowest BCUT2D eigenvalue weighted by atomic mass is 9.94. The van der Waals surface area contributed by atoms with Crippen molar-refractivity contribution in [1.29, 1.82) is 0 Å². The Morgan fingerprint density at radius 3 is 2.33 bits per heavy atom. The van der Waals surface area contributed by atoms with Crippen molar-refractivity contribution in [2.75, 3.05) is 10.6 Å². The third-order valence-electron chi connectivity index (χ3n) is 4.13. The molecule has 0 saturated heterocycles. The lowest BCUT2D eigenvalue weighted by Gasteiger charge is -2.19. The number of carbonyl (C=O) groups excluding carboxylic acids is 2. The number of nitrogens with zero attached hydrogens (tertiary/aromatic N) is 2. The van der Waals surface area contributed by atoms with E-state index in [2.05, 4.69) is 41.4 Å². The Kier molecular flexibility index (Phi) is 7.48. The predicted molar refractivity (Wildman–Crippen MR) is 131 cm³/mol. The molecule has 0 saturated carbocycles. The number of ether oxygens (including phenoxy) is 1. The largest absolute Gasteiger partial charge is 0.444 e. The van der Waals surface area contributed by atoms with Gasteiger partial charge in [-0.15, -0.1) is 11.8 Å². The molecule has 8 nitrogen and oxygen atoms in total. The number of oxazole rings is 1. The summed E-state index contributed by atoms with van der Waals surface area (Å²) in [7, 11) is 0. The van der Waals surface area contributed by atoms with Crippen molar-refractivity contribution in [3.8, 4) is 0 Å². The summed E-state index contributed by atoms with van der Waals surface area (Å²) in [4.78, 5) is 33.0. The van der Waals surface area contributed by atoms with Crippen LogP contribution in [0.4, 0.5) is 15.6 Å². The maximum Gasteiger partial charge on any atom is 0.412 e. The van der Waals surface area contributed by atoms with E-state index < -0.39 is 11.7 Å². The molecular weight excluding hydrogens is 460 g/mol. The molecule has 33 heavy (non-hydrogen) atoms. The highest BCUT2D eigenvalue weighted by Crippen LogP contribution is 2.32. The first-order valence-corrected chi connectivity index (χ1v) is 12.1. The standard InChI is InChI=1S/C23H28N4O4S2/c1-22(2,3)16-11-24-17(30-16)13-32-18-12-25-20(33-18)27-19(28)14-7-9-15(10-8-14)26-21(29)31-23(4,5)6/h7-12H,13H2,1-6H3,(H,26,29)(H,25,27,28). The summed E-state index contributed by atoms with van der Waals surface area (Å²) < 4.78 is 12.0. The molecule has 0 radical (unpaired) electrons. The third-order valence-corrected chi connectivity index (χ3v) is 6.22. The van der Waals surface area contributed by atoms with Crippen LogP contribution in [0.3, 0.4) is 0 Å². The molecule has 0 aliphatic rings. The number of hydrogen-bond acceptors (Lipinski definition) is 8. The van der Waals surface area contributed by atoms with Crippen LogP contribution in [-0.2, 0) is 15.9 Å². The fourth-order valence-corrected chi connectivity index (χ4v) is 4.26. The number of thioether (sulfide) groups is 1. The monoisotopic (exact) mass is 488 g/mol. The van der Waals surface area contributed by atoms with Crippen LogP contribution >= 0.6 is 23.1 Å². The number of hydrogen-bond donors (Lipinski definition) is 2. The second kappa shape index (κ2) is 9.96. The Hall–Kier alpha value is -2.85. The molecule has 0 spiro atoms. The molecule has 1 aromatic carbocycles. The topological polar surface area (TPSA) is 106 Å². The van der Waals surface area contributed by atoms with Crippen molar-refractivity contribution in [1.82, 2.24) is 9.97 Å². The molecule has 0 aliphatic carbocycles. The second-order valence-electron chi connectivity index (χ2n) is 9.30. The fraction of sp³-hybridized carbons (Fsp3) is 0.391. The summed E-state index contributed by atoms with van der Waals surface area (Å²) in [6.45, 7) is 11.6. The second-order valence-corrected chi connectivity index (χ2v) is 11.6. The van der Waals surface area contributed by atoms with E-state index in [-0.39, 0.29) is 11.3 Å². The van der Waals surface area contributed by atoms with E-state index in [1.165, 1.54) is 11.3 Å². The minimum Gasteiger partial charge on any atom is -0.444 e. The minimum atomic E-state index is -0.585. The zero-order valence-electron chi connectivity index (χ0n) is 19.5. The van der Waals surface area contributed by atoms with Crippen molar-refractivity contribution >= 4 is 45.9 Å². The molecule has 0 aliphatic heterocycles. The average molecular weight is 489 g/mol. The quantitative estimate of drug-likeness (QED) is 0.391. The summed E-state index contributed by atoms with van der Waals surface area (Å²) in [6.07, 6.45) is 2.93. The van der Waals surface area contributed by atoms with Crippen LogP contribution in [0.15, 0.2) is 45.3 Å². The Balaban J connectivity index is 1.52. The van der Waals surface area contributed by atoms with E-state index in [1.54, 1.807) is 69.2 Å². The van der Waals surface area contributed by atoms with Gasteiger partial charge in [-0.3, -0.25) is 15.4 Å². The maximum atomic E-state index is 12.5. The summed E-state index contributed by atoms with van der Waals surface area (Å²) in [6, 6.07) is 6.54. The van der Waals surface area contributed by atoms with Gasteiger partial charge in [0, 0.05) is 16.7 Å². The van der Waals surface area contributed by atoms with Crippen LogP contribution < -0.4 is 10.6 Å². The Bertz CT molecular complexity index is 1110. The molecular formula is C23H28N4O4S2. The summed E-state index contributed by atoms with van der Waals surface area (Å²) >= 11 is 2.93. The van der Waals surface area contributed by atoms with Gasteiger partial charge in [0.25, 0.3) is 5.91 Å². The average Bonchev–Trinajstić information content (AvgIpc) is 3.34. The number of carbonyl (C=O) groups is 2. The molecule has 2 amide bonds. The van der Waals surface area contributed by atoms with Crippen LogP contribution in [0.5, 0.6) is 0 Å². The van der Waals surface area contributed by atoms with Crippen LogP contribution in [0.1, 0.15) is 63.6 Å². The summed E-state index contributed by atoms with van der Waals surface area (Å²) in [5.41, 5.74) is 0.319. The molecule has 0 fully saturated rings. The van der Waals surface area contributed by atoms with E-state index in [1.807, 2.05) is 0 Å². The third kappa shape index (κ3) is 7.61. The van der Waals surface area contributed by atoms with Gasteiger partial charge < -0.3 is 9.15 Å². The molecule has 2 heterocycles. The number of aromatic nitrogens is 2. The number of anilines is 2. The predicted octanol–water partition coefficient (Wildman–Crippen LogP) is 6.32. The van der Waals surface area contributed by atoms with E-state index in [0.29, 0.717) is 28.0 Å². The normalized spacial score (nSPS) is 11.8. The highest BCUT2D eigenvalue weighted by Gasteiger charge is 2.19. The van der Waals surface area contributed by atoms with Crippen molar-refractivity contribution in [2.45, 2.75) is 62.5 Å². The number of rotatable bonds is 6. The van der Waals surface area contributed by atoms with Crippen molar-refractivity contribution in [3.63, 3.8) is 0 Å². The van der Waals surface area contributed by atoms with Crippen LogP contribution in [0, 0.1) is 0 Å². The van der Waals surface area contributed by atoms with E-state index >= 15 is 0 Å². The van der Waals surface area contributed by atoms with Crippen molar-refractivity contribution in [2.24, 2.45) is 0 Å². The van der Waals surface area contributed by atoms with Crippen molar-refractivity contribution in [3.05, 3.63) is 53.9 Å². The van der Waals surface area contributed by atoms with E-state index in [0.717, 1.165) is 9.97 Å². The molecule has 0 bridgehead atoms. The highest BCUT2D eigenvalue weighted by atomic mass is 32.2. The first-order chi connectivity index (χ1) is 15.4. The first kappa shape index (κ1) is 24.8. The molecule has 0 atom stereocenters. The number of amides is 2. The Morgan fingerprint density at radius 1 is 1.03 bits per heavy atom. The van der Waals surface area contributed by atoms with Gasteiger partial charge in [0.2, 0.25) is 5.89 Å². The highest BCUT2D eigenvalue weighted by molar-refractivity contribution is 8.00. The molecule has 10 heteroatoms. The molecule has 2 N–H and O–H groups in total. The molecule has 3 aromatic rings. The van der Waals surface area contributed by atoms with Gasteiger partial charge in [-0.1, -0.05) is 32.1 Å². The van der Waals surface area contributed by atoms with Gasteiger partial charge in [0.1, 0.15) is 11.4 Å². The van der Waals surface area contributed by atoms with Crippen LogP contribution in [-0.4, -0.2) is 27.6 Å². The lowest BCUT2D eigenvalue weighted by Crippen LogP contribution is -2.27. The van der Waals surface area contributed by atoms with E-state index in [4.69, 9.17) is 9.15 Å². The molecule has 0 unspecified atom stereocenters. The maximum absolute atomic E-state index is 12.5. The van der Waals surface area contributed by atoms with Crippen LogP contribution in [0.2, 0.25) is 0 Å². The SMILES string of the molecule is CC(C)(C)OC(=O)Nc1ccc(C(=O)Nc2ncc(SCc3ncc(C(C)(C)C)o3)s2)cc1.